The molecule has 4 nitrogen and oxygen atoms in total. The molecular weight excluding hydrogens is 312 g/mol. The van der Waals surface area contributed by atoms with Gasteiger partial charge < -0.3 is 10.6 Å². The maximum absolute atomic E-state index is 12.4. The Kier molecular flexibility index (Phi) is 5.69. The SMILES string of the molecule is NC(=O)C[C@H]1CCCN(C(=O)CCCc2ccc3ccccc3c2)C1. The van der Waals surface area contributed by atoms with Gasteiger partial charge in [-0.15, -0.1) is 0 Å². The third-order valence-corrected chi connectivity index (χ3v) is 5.03. The van der Waals surface area contributed by atoms with Crippen LogP contribution in [0.3, 0.4) is 0 Å². The van der Waals surface area contributed by atoms with Crippen LogP contribution in [0.2, 0.25) is 0 Å². The first-order valence-corrected chi connectivity index (χ1v) is 9.15. The van der Waals surface area contributed by atoms with Crippen LogP contribution in [0.4, 0.5) is 0 Å². The Balaban J connectivity index is 1.49. The van der Waals surface area contributed by atoms with Crippen LogP contribution in [0, 0.1) is 5.92 Å². The van der Waals surface area contributed by atoms with Crippen molar-refractivity contribution in [2.75, 3.05) is 13.1 Å². The van der Waals surface area contributed by atoms with Crippen LogP contribution < -0.4 is 5.73 Å². The molecule has 1 atom stereocenters. The van der Waals surface area contributed by atoms with Crippen molar-refractivity contribution >= 4 is 22.6 Å². The second kappa shape index (κ2) is 8.15. The lowest BCUT2D eigenvalue weighted by molar-refractivity contribution is -0.134. The third-order valence-electron chi connectivity index (χ3n) is 5.03. The van der Waals surface area contributed by atoms with E-state index in [9.17, 15) is 9.59 Å². The summed E-state index contributed by atoms with van der Waals surface area (Å²) in [6, 6.07) is 14.8. The Labute approximate surface area is 149 Å². The van der Waals surface area contributed by atoms with E-state index in [-0.39, 0.29) is 17.7 Å². The molecule has 1 saturated heterocycles. The smallest absolute Gasteiger partial charge is 0.222 e. The Bertz CT molecular complexity index is 756. The minimum Gasteiger partial charge on any atom is -0.370 e. The fraction of sp³-hybridized carbons (Fsp3) is 0.429. The molecule has 0 unspecified atom stereocenters. The molecule has 132 valence electrons. The molecule has 25 heavy (non-hydrogen) atoms. The van der Waals surface area contributed by atoms with E-state index in [1.807, 2.05) is 11.0 Å². The van der Waals surface area contributed by atoms with Crippen LogP contribution in [0.1, 0.15) is 37.7 Å². The largest absolute Gasteiger partial charge is 0.370 e. The predicted octanol–water partition coefficient (Wildman–Crippen LogP) is 3.28. The number of fused-ring (bicyclic) bond motifs is 1. The first-order chi connectivity index (χ1) is 12.1. The van der Waals surface area contributed by atoms with Crippen molar-refractivity contribution < 1.29 is 9.59 Å². The molecule has 0 spiro atoms. The molecule has 1 heterocycles. The van der Waals surface area contributed by atoms with E-state index < -0.39 is 0 Å². The fourth-order valence-electron chi connectivity index (χ4n) is 3.74. The number of piperidine rings is 1. The van der Waals surface area contributed by atoms with Gasteiger partial charge in [-0.25, -0.2) is 0 Å². The number of benzene rings is 2. The average molecular weight is 338 g/mol. The van der Waals surface area contributed by atoms with Gasteiger partial charge in [-0.3, -0.25) is 9.59 Å². The summed E-state index contributed by atoms with van der Waals surface area (Å²) in [4.78, 5) is 25.4. The molecule has 1 aliphatic rings. The number of aryl methyl sites for hydroxylation is 1. The first-order valence-electron chi connectivity index (χ1n) is 9.15. The van der Waals surface area contributed by atoms with E-state index in [2.05, 4.69) is 36.4 Å². The summed E-state index contributed by atoms with van der Waals surface area (Å²) < 4.78 is 0. The number of carbonyl (C=O) groups is 2. The van der Waals surface area contributed by atoms with Gasteiger partial charge >= 0.3 is 0 Å². The van der Waals surface area contributed by atoms with Gasteiger partial charge in [-0.2, -0.15) is 0 Å². The standard InChI is InChI=1S/C21H26N2O2/c22-20(24)14-17-6-4-12-23(15-17)21(25)9-3-5-16-10-11-18-7-1-2-8-19(18)13-16/h1-2,7-8,10-11,13,17H,3-6,9,12,14-15H2,(H2,22,24)/t17-/m1/s1. The highest BCUT2D eigenvalue weighted by molar-refractivity contribution is 5.83. The van der Waals surface area contributed by atoms with Gasteiger partial charge in [0.05, 0.1) is 0 Å². The lowest BCUT2D eigenvalue weighted by atomic mass is 9.94. The topological polar surface area (TPSA) is 63.4 Å². The summed E-state index contributed by atoms with van der Waals surface area (Å²) in [5.41, 5.74) is 6.56. The molecule has 1 fully saturated rings. The van der Waals surface area contributed by atoms with Crippen molar-refractivity contribution in [2.24, 2.45) is 11.7 Å². The third kappa shape index (κ3) is 4.81. The van der Waals surface area contributed by atoms with Crippen LogP contribution in [0.5, 0.6) is 0 Å². The maximum Gasteiger partial charge on any atom is 0.222 e. The second-order valence-corrected chi connectivity index (χ2v) is 7.05. The number of primary amides is 1. The first kappa shape index (κ1) is 17.5. The van der Waals surface area contributed by atoms with Gasteiger partial charge in [0, 0.05) is 25.9 Å². The lowest BCUT2D eigenvalue weighted by Gasteiger charge is -2.32. The molecule has 2 N–H and O–H groups in total. The van der Waals surface area contributed by atoms with Crippen LogP contribution in [-0.4, -0.2) is 29.8 Å². The molecule has 2 aromatic rings. The van der Waals surface area contributed by atoms with E-state index in [0.29, 0.717) is 19.4 Å². The van der Waals surface area contributed by atoms with Crippen molar-refractivity contribution in [3.05, 3.63) is 48.0 Å². The number of rotatable bonds is 6. The molecule has 3 rings (SSSR count). The Hall–Kier alpha value is -2.36. The molecular formula is C21H26N2O2. The second-order valence-electron chi connectivity index (χ2n) is 7.05. The quantitative estimate of drug-likeness (QED) is 0.878. The van der Waals surface area contributed by atoms with Gasteiger partial charge in [0.1, 0.15) is 0 Å². The molecule has 0 saturated carbocycles. The molecule has 0 aromatic heterocycles. The summed E-state index contributed by atoms with van der Waals surface area (Å²) in [7, 11) is 0. The highest BCUT2D eigenvalue weighted by atomic mass is 16.2. The zero-order chi connectivity index (χ0) is 17.6. The number of nitrogens with zero attached hydrogens (tertiary/aromatic N) is 1. The summed E-state index contributed by atoms with van der Waals surface area (Å²) in [6.45, 7) is 1.49. The van der Waals surface area contributed by atoms with E-state index in [0.717, 1.165) is 32.2 Å². The summed E-state index contributed by atoms with van der Waals surface area (Å²) in [5, 5.41) is 2.49. The molecule has 0 bridgehead atoms. The van der Waals surface area contributed by atoms with Crippen LogP contribution in [0.15, 0.2) is 42.5 Å². The maximum atomic E-state index is 12.4. The van der Waals surface area contributed by atoms with E-state index in [4.69, 9.17) is 5.73 Å². The zero-order valence-corrected chi connectivity index (χ0v) is 14.6. The van der Waals surface area contributed by atoms with Crippen LogP contribution >= 0.6 is 0 Å². The molecule has 4 heteroatoms. The number of likely N-dealkylation sites (tertiary alicyclic amines) is 1. The van der Waals surface area contributed by atoms with Gasteiger partial charge in [-0.05, 0) is 47.9 Å². The van der Waals surface area contributed by atoms with Crippen molar-refractivity contribution in [1.29, 1.82) is 0 Å². The Morgan fingerprint density at radius 1 is 1.12 bits per heavy atom. The highest BCUT2D eigenvalue weighted by Crippen LogP contribution is 2.21. The van der Waals surface area contributed by atoms with Crippen molar-refractivity contribution in [2.45, 2.75) is 38.5 Å². The minimum atomic E-state index is -0.268. The van der Waals surface area contributed by atoms with E-state index in [1.165, 1.54) is 16.3 Å². The molecule has 1 aliphatic heterocycles. The monoisotopic (exact) mass is 338 g/mol. The summed E-state index contributed by atoms with van der Waals surface area (Å²) >= 11 is 0. The van der Waals surface area contributed by atoms with E-state index >= 15 is 0 Å². The summed E-state index contributed by atoms with van der Waals surface area (Å²) in [5.74, 6) is 0.168. The molecule has 0 radical (unpaired) electrons. The number of hydrogen-bond acceptors (Lipinski definition) is 2. The molecule has 0 aliphatic carbocycles. The van der Waals surface area contributed by atoms with Gasteiger partial charge in [0.2, 0.25) is 11.8 Å². The number of amides is 2. The number of carbonyl (C=O) groups excluding carboxylic acids is 2. The number of hydrogen-bond donors (Lipinski definition) is 1. The van der Waals surface area contributed by atoms with E-state index in [1.54, 1.807) is 0 Å². The van der Waals surface area contributed by atoms with Crippen LogP contribution in [-0.2, 0) is 16.0 Å². The normalized spacial score (nSPS) is 17.6. The van der Waals surface area contributed by atoms with Gasteiger partial charge in [0.15, 0.2) is 0 Å². The Morgan fingerprint density at radius 3 is 2.72 bits per heavy atom. The van der Waals surface area contributed by atoms with Crippen molar-refractivity contribution in [3.8, 4) is 0 Å². The Morgan fingerprint density at radius 2 is 1.92 bits per heavy atom. The zero-order valence-electron chi connectivity index (χ0n) is 14.6. The number of nitrogens with two attached hydrogens (primary N) is 1. The average Bonchev–Trinajstić information content (AvgIpc) is 2.61. The molecule has 2 amide bonds. The van der Waals surface area contributed by atoms with Gasteiger partial charge in [-0.1, -0.05) is 42.5 Å². The predicted molar refractivity (Wildman–Crippen MR) is 100 cm³/mol. The van der Waals surface area contributed by atoms with Crippen LogP contribution in [0.25, 0.3) is 10.8 Å². The van der Waals surface area contributed by atoms with Crippen molar-refractivity contribution in [1.82, 2.24) is 4.90 Å². The van der Waals surface area contributed by atoms with Gasteiger partial charge in [0.25, 0.3) is 0 Å². The lowest BCUT2D eigenvalue weighted by Crippen LogP contribution is -2.40. The van der Waals surface area contributed by atoms with Crippen molar-refractivity contribution in [3.63, 3.8) is 0 Å². The summed E-state index contributed by atoms with van der Waals surface area (Å²) in [6.07, 6.45) is 4.68. The molecule has 2 aromatic carbocycles. The highest BCUT2D eigenvalue weighted by Gasteiger charge is 2.24. The fourth-order valence-corrected chi connectivity index (χ4v) is 3.74. The minimum absolute atomic E-state index is 0.204.